The molecule has 5 aliphatic rings. The largest absolute Gasteiger partial charge is 0.507 e. The number of phenolic OH excluding ortho intramolecular Hbond substituents is 1. The van der Waals surface area contributed by atoms with Crippen molar-refractivity contribution < 1.29 is 63.0 Å². The number of rotatable bonds is 6. The number of methoxy groups -OCH3 is 1. The molecule has 2 amide bonds. The van der Waals surface area contributed by atoms with Gasteiger partial charge in [-0.15, -0.1) is 0 Å². The molecule has 66 heavy (non-hydrogen) atoms. The summed E-state index contributed by atoms with van der Waals surface area (Å²) < 4.78 is 29.5. The van der Waals surface area contributed by atoms with Crippen molar-refractivity contribution in [3.05, 3.63) is 99.6 Å². The summed E-state index contributed by atoms with van der Waals surface area (Å²) in [4.78, 5) is 74.6. The van der Waals surface area contributed by atoms with E-state index in [1.54, 1.807) is 31.7 Å². The lowest BCUT2D eigenvalue weighted by Gasteiger charge is -2.38. The van der Waals surface area contributed by atoms with Gasteiger partial charge in [0.2, 0.25) is 11.6 Å². The van der Waals surface area contributed by atoms with E-state index < -0.39 is 100 Å². The Morgan fingerprint density at radius 3 is 2.27 bits per heavy atom. The maximum absolute atomic E-state index is 14.8. The summed E-state index contributed by atoms with van der Waals surface area (Å²) >= 11 is 0. The van der Waals surface area contributed by atoms with Gasteiger partial charge in [0.05, 0.1) is 60.5 Å². The number of aromatic hydroxyl groups is 1. The summed E-state index contributed by atoms with van der Waals surface area (Å²) in [6.45, 7) is 10.1. The number of aliphatic hydroxyl groups is 2. The number of carbonyl (C=O) groups is 5. The number of ether oxygens (including phenoxy) is 5. The molecule has 4 heterocycles. The van der Waals surface area contributed by atoms with Crippen molar-refractivity contribution in [1.29, 1.82) is 0 Å². The topological polar surface area (TPSA) is 249 Å². The van der Waals surface area contributed by atoms with Crippen LogP contribution in [0.5, 0.6) is 11.5 Å². The van der Waals surface area contributed by atoms with Gasteiger partial charge < -0.3 is 65.2 Å². The Kier molecular flexibility index (Phi) is 15.1. The minimum atomic E-state index is -2.12. The van der Waals surface area contributed by atoms with Crippen LogP contribution in [-0.4, -0.2) is 133 Å². The van der Waals surface area contributed by atoms with E-state index in [1.807, 2.05) is 43.3 Å². The first kappa shape index (κ1) is 49.4. The second kappa shape index (κ2) is 20.2. The second-order valence-electron chi connectivity index (χ2n) is 17.5. The van der Waals surface area contributed by atoms with Gasteiger partial charge in [0.25, 0.3) is 11.7 Å². The number of nitrogens with two attached hydrogens (primary N) is 1. The second-order valence-corrected chi connectivity index (χ2v) is 17.5. The molecule has 7 N–H and O–H groups in total. The van der Waals surface area contributed by atoms with Crippen LogP contribution in [0.4, 0.5) is 10.5 Å². The average molecular weight is 916 g/mol. The van der Waals surface area contributed by atoms with Crippen molar-refractivity contribution in [2.45, 2.75) is 84.3 Å². The van der Waals surface area contributed by atoms with Crippen LogP contribution in [-0.2, 0) is 30.3 Å². The van der Waals surface area contributed by atoms with Gasteiger partial charge in [-0.25, -0.2) is 4.79 Å². The van der Waals surface area contributed by atoms with Gasteiger partial charge in [0.15, 0.2) is 0 Å². The lowest BCUT2D eigenvalue weighted by Crippen LogP contribution is -2.54. The van der Waals surface area contributed by atoms with Gasteiger partial charge in [0.1, 0.15) is 29.0 Å². The first-order chi connectivity index (χ1) is 31.2. The summed E-state index contributed by atoms with van der Waals surface area (Å²) in [7, 11) is 5.24. The number of nitrogens with zero attached hydrogens (tertiary/aromatic N) is 2. The average Bonchev–Trinajstić information content (AvgIpc) is 3.56. The van der Waals surface area contributed by atoms with Gasteiger partial charge in [-0.1, -0.05) is 51.1 Å². The first-order valence-electron chi connectivity index (χ1n) is 21.9. The molecule has 5 bridgehead atoms. The molecule has 1 fully saturated rings. The van der Waals surface area contributed by atoms with E-state index in [9.17, 15) is 39.3 Å². The third-order valence-electron chi connectivity index (χ3n) is 12.8. The number of aliphatic hydroxyl groups excluding tert-OH is 2. The maximum atomic E-state index is 14.8. The highest BCUT2D eigenvalue weighted by Crippen LogP contribution is 2.49. The number of Topliss-reactive ketones (excluding diaryl/α,β-unsaturated/α-hetero) is 3. The van der Waals surface area contributed by atoms with Crippen molar-refractivity contribution in [3.8, 4) is 11.5 Å². The number of alkyl carbamates (subject to hydrolysis) is 1. The summed E-state index contributed by atoms with van der Waals surface area (Å²) in [6.07, 6.45) is 1.56. The molecule has 356 valence electrons. The normalized spacial score (nSPS) is 30.4. The maximum Gasteiger partial charge on any atom is 0.407 e. The summed E-state index contributed by atoms with van der Waals surface area (Å²) in [5.74, 6) is -8.51. The Morgan fingerprint density at radius 2 is 1.64 bits per heavy atom. The van der Waals surface area contributed by atoms with Crippen LogP contribution in [0.25, 0.3) is 0 Å². The molecule has 0 saturated carbocycles. The molecule has 0 spiro atoms. The molecule has 18 nitrogen and oxygen atoms in total. The van der Waals surface area contributed by atoms with Crippen molar-refractivity contribution in [2.75, 3.05) is 52.4 Å². The quantitative estimate of drug-likeness (QED) is 0.243. The molecule has 2 aromatic carbocycles. The molecule has 7 rings (SSSR count). The number of phenols is 1. The van der Waals surface area contributed by atoms with Crippen LogP contribution in [0.3, 0.4) is 0 Å². The Balaban J connectivity index is 1.40. The predicted molar refractivity (Wildman–Crippen MR) is 242 cm³/mol. The number of allylic oxidation sites excluding steroid dienone is 4. The van der Waals surface area contributed by atoms with E-state index in [2.05, 4.69) is 10.6 Å². The third kappa shape index (κ3) is 9.73. The lowest BCUT2D eigenvalue weighted by atomic mass is 9.81. The van der Waals surface area contributed by atoms with E-state index in [0.717, 1.165) is 17.5 Å². The first-order valence-corrected chi connectivity index (χ1v) is 21.9. The highest BCUT2D eigenvalue weighted by Gasteiger charge is 2.53. The highest BCUT2D eigenvalue weighted by atomic mass is 16.7. The number of nitrogens with one attached hydrogen (secondary N) is 2. The number of amides is 2. The van der Waals surface area contributed by atoms with Crippen molar-refractivity contribution >= 4 is 35.0 Å². The molecule has 1 aliphatic carbocycles. The number of hydrogen-bond acceptors (Lipinski definition) is 16. The standard InChI is InChI=1S/C48H61N5O13/c1-24-11-10-12-25(2)46(60)51-36-37(53-18-21-63-22-19-53)42(58)32-33(41(36)57)39(55)27(4)44-34(32)45(59)48(6,66-44)64-20-17-31(62-9)26(3)43(28(5)40(56)35(49)38(24)54)65-47(61)50-23-29-13-15-30(16-14-29)52(7)8/h10-17,20,24,26,28,31,35,38,40,43,54-56H,18-19,21-23,49H2,1-9H3,(H,50,61)(H,51,60)/b11-10+,20-17+,25-12-/t24-,26+,28+,31-,35+,38-,40-,43+,48-/m0/s1. The smallest absolute Gasteiger partial charge is 0.407 e. The minimum Gasteiger partial charge on any atom is -0.507 e. The van der Waals surface area contributed by atoms with Crippen LogP contribution >= 0.6 is 0 Å². The van der Waals surface area contributed by atoms with E-state index >= 15 is 0 Å². The molecule has 4 aliphatic heterocycles. The number of benzene rings is 2. The predicted octanol–water partition coefficient (Wildman–Crippen LogP) is 3.41. The zero-order valence-corrected chi connectivity index (χ0v) is 38.7. The molecule has 0 unspecified atom stereocenters. The van der Waals surface area contributed by atoms with Gasteiger partial charge in [-0.3, -0.25) is 19.2 Å². The van der Waals surface area contributed by atoms with Crippen molar-refractivity contribution in [3.63, 3.8) is 0 Å². The number of anilines is 1. The molecular weight excluding hydrogens is 855 g/mol. The van der Waals surface area contributed by atoms with E-state index in [0.29, 0.717) is 0 Å². The molecule has 18 heteroatoms. The van der Waals surface area contributed by atoms with Gasteiger partial charge in [-0.05, 0) is 37.6 Å². The molecule has 0 radical (unpaired) electrons. The van der Waals surface area contributed by atoms with Crippen LogP contribution in [0, 0.1) is 24.7 Å². The summed E-state index contributed by atoms with van der Waals surface area (Å²) in [6, 6.07) is 6.30. The zero-order valence-electron chi connectivity index (χ0n) is 38.7. The molecular formula is C48H61N5O13. The number of carbonyl (C=O) groups excluding carboxylic acids is 5. The van der Waals surface area contributed by atoms with E-state index in [-0.39, 0.29) is 66.7 Å². The lowest BCUT2D eigenvalue weighted by molar-refractivity contribution is -0.116. The highest BCUT2D eigenvalue weighted by molar-refractivity contribution is 6.32. The Labute approximate surface area is 384 Å². The Morgan fingerprint density at radius 1 is 0.970 bits per heavy atom. The molecule has 2 aromatic rings. The van der Waals surface area contributed by atoms with Gasteiger partial charge >= 0.3 is 11.9 Å². The van der Waals surface area contributed by atoms with Crippen LogP contribution in [0.15, 0.2) is 71.8 Å². The molecule has 9 atom stereocenters. The molecule has 1 saturated heterocycles. The fourth-order valence-corrected chi connectivity index (χ4v) is 8.57. The van der Waals surface area contributed by atoms with E-state index in [1.165, 1.54) is 46.1 Å². The summed E-state index contributed by atoms with van der Waals surface area (Å²) in [5.41, 5.74) is 6.67. The number of morpholine rings is 1. The summed E-state index contributed by atoms with van der Waals surface area (Å²) in [5, 5.41) is 40.1. The van der Waals surface area contributed by atoms with E-state index in [4.69, 9.17) is 29.4 Å². The van der Waals surface area contributed by atoms with Crippen LogP contribution in [0.1, 0.15) is 76.8 Å². The van der Waals surface area contributed by atoms with Gasteiger partial charge in [-0.2, -0.15) is 0 Å². The SMILES string of the molecule is CO[C@H]1/C=C/O[C@@]2(C)Oc3c(C)c(O)c4c(c3C2=O)C(=O)C(N2CCOCC2)=C(NC(=O)/C(C)=C\C=C\[C@H](C)[C@H](O)[C@@H](N)[C@@H](O)[C@@H](C)[C@H](OC(=O)NCc2ccc(N(C)C)cc2)[C@@H]1C)C4=O. The molecule has 0 aromatic heterocycles. The Bertz CT molecular complexity index is 2350. The third-order valence-corrected chi connectivity index (χ3v) is 12.8. The van der Waals surface area contributed by atoms with Crippen molar-refractivity contribution in [2.24, 2.45) is 23.5 Å². The zero-order chi connectivity index (χ0) is 48.4. The number of fused-ring (bicyclic) bond motifs is 14. The number of hydrogen-bond donors (Lipinski definition) is 6. The van der Waals surface area contributed by atoms with Gasteiger partial charge in [0, 0.05) is 82.3 Å². The monoisotopic (exact) mass is 915 g/mol. The minimum absolute atomic E-state index is 0.0175. The fourth-order valence-electron chi connectivity index (χ4n) is 8.57. The van der Waals surface area contributed by atoms with Crippen LogP contribution in [0.2, 0.25) is 0 Å². The van der Waals surface area contributed by atoms with Crippen molar-refractivity contribution in [1.82, 2.24) is 15.5 Å². The number of ketones is 3. The van der Waals surface area contributed by atoms with Crippen LogP contribution < -0.4 is 26.0 Å². The fraction of sp³-hybridized carbons (Fsp3) is 0.479. The Hall–Kier alpha value is -6.05.